The Kier molecular flexibility index (Phi) is 5.25. The number of hydrogen-bond donors (Lipinski definition) is 1. The van der Waals surface area contributed by atoms with Gasteiger partial charge in [-0.05, 0) is 18.6 Å². The Bertz CT molecular complexity index is 525. The summed E-state index contributed by atoms with van der Waals surface area (Å²) in [6.45, 7) is 4.42. The third-order valence-electron chi connectivity index (χ3n) is 3.23. The van der Waals surface area contributed by atoms with Crippen molar-refractivity contribution in [1.82, 2.24) is 5.32 Å². The third-order valence-corrected chi connectivity index (χ3v) is 4.26. The number of nitrogens with one attached hydrogen (secondary N) is 1. The lowest BCUT2D eigenvalue weighted by Gasteiger charge is -2.29. The number of hydrogen-bond acceptors (Lipinski definition) is 5. The number of ether oxygens (including phenoxy) is 1. The average molecular weight is 298 g/mol. The van der Waals surface area contributed by atoms with Crippen LogP contribution in [0, 0.1) is 0 Å². The smallest absolute Gasteiger partial charge is 0.147 e. The van der Waals surface area contributed by atoms with Crippen molar-refractivity contribution in [2.24, 2.45) is 0 Å². The maximum Gasteiger partial charge on any atom is 0.147 e. The Balaban J connectivity index is 1.86. The molecule has 0 aliphatic carbocycles. The van der Waals surface area contributed by atoms with E-state index in [4.69, 9.17) is 4.74 Å². The molecule has 1 aromatic rings. The third kappa shape index (κ3) is 5.02. The normalized spacial score (nSPS) is 16.1. The van der Waals surface area contributed by atoms with Gasteiger partial charge in [-0.2, -0.15) is 0 Å². The highest BCUT2D eigenvalue weighted by atomic mass is 32.2. The molecule has 0 amide bonds. The lowest BCUT2D eigenvalue weighted by Crippen LogP contribution is -2.43. The second-order valence-electron chi connectivity index (χ2n) is 5.07. The van der Waals surface area contributed by atoms with Crippen LogP contribution in [0.4, 0.5) is 5.69 Å². The summed E-state index contributed by atoms with van der Waals surface area (Å²) < 4.78 is 27.7. The van der Waals surface area contributed by atoms with Gasteiger partial charge in [0.25, 0.3) is 0 Å². The van der Waals surface area contributed by atoms with Gasteiger partial charge in [0.1, 0.15) is 15.6 Å². The predicted molar refractivity (Wildman–Crippen MR) is 81.3 cm³/mol. The van der Waals surface area contributed by atoms with E-state index < -0.39 is 9.84 Å². The second kappa shape index (κ2) is 6.95. The van der Waals surface area contributed by atoms with Crippen LogP contribution < -0.4 is 15.0 Å². The average Bonchev–Trinajstić information content (AvgIpc) is 2.44. The molecule has 1 saturated heterocycles. The van der Waals surface area contributed by atoms with Crippen LogP contribution in [0.3, 0.4) is 0 Å². The molecule has 1 aliphatic rings. The van der Waals surface area contributed by atoms with Gasteiger partial charge in [0, 0.05) is 44.2 Å². The lowest BCUT2D eigenvalue weighted by atomic mass is 10.2. The minimum absolute atomic E-state index is 0.171. The molecule has 0 spiro atoms. The maximum atomic E-state index is 11.0. The summed E-state index contributed by atoms with van der Waals surface area (Å²) >= 11 is 0. The molecule has 1 heterocycles. The van der Waals surface area contributed by atoms with E-state index in [9.17, 15) is 8.42 Å². The highest BCUT2D eigenvalue weighted by Crippen LogP contribution is 2.21. The molecule has 0 radical (unpaired) electrons. The van der Waals surface area contributed by atoms with Gasteiger partial charge in [-0.1, -0.05) is 6.07 Å². The molecule has 0 aromatic heterocycles. The molecule has 0 unspecified atom stereocenters. The van der Waals surface area contributed by atoms with Gasteiger partial charge in [-0.3, -0.25) is 0 Å². The molecule has 1 N–H and O–H groups in total. The van der Waals surface area contributed by atoms with E-state index >= 15 is 0 Å². The minimum atomic E-state index is -2.90. The van der Waals surface area contributed by atoms with Crippen LogP contribution in [-0.4, -0.2) is 53.2 Å². The van der Waals surface area contributed by atoms with Gasteiger partial charge in [-0.25, -0.2) is 8.42 Å². The topological polar surface area (TPSA) is 58.6 Å². The monoisotopic (exact) mass is 298 g/mol. The minimum Gasteiger partial charge on any atom is -0.493 e. The van der Waals surface area contributed by atoms with Gasteiger partial charge >= 0.3 is 0 Å². The first kappa shape index (κ1) is 15.1. The number of rotatable bonds is 6. The zero-order valence-corrected chi connectivity index (χ0v) is 12.7. The zero-order chi connectivity index (χ0) is 14.4. The highest BCUT2D eigenvalue weighted by molar-refractivity contribution is 7.90. The molecule has 1 aromatic carbocycles. The van der Waals surface area contributed by atoms with Crippen LogP contribution >= 0.6 is 0 Å². The van der Waals surface area contributed by atoms with Crippen LogP contribution in [0.2, 0.25) is 0 Å². The number of anilines is 1. The number of nitrogens with zero attached hydrogens (tertiary/aromatic N) is 1. The van der Waals surface area contributed by atoms with Gasteiger partial charge in [-0.15, -0.1) is 0 Å². The Morgan fingerprint density at radius 2 is 2.05 bits per heavy atom. The van der Waals surface area contributed by atoms with E-state index in [0.29, 0.717) is 13.0 Å². The van der Waals surface area contributed by atoms with E-state index in [1.807, 2.05) is 18.2 Å². The molecular formula is C14H22N2O3S. The van der Waals surface area contributed by atoms with Crippen molar-refractivity contribution < 1.29 is 13.2 Å². The fourth-order valence-electron chi connectivity index (χ4n) is 2.20. The van der Waals surface area contributed by atoms with Crippen molar-refractivity contribution in [3.63, 3.8) is 0 Å². The summed E-state index contributed by atoms with van der Waals surface area (Å²) in [7, 11) is -2.90. The SMILES string of the molecule is CS(=O)(=O)CCCOc1cccc(N2CCNCC2)c1. The van der Waals surface area contributed by atoms with E-state index in [-0.39, 0.29) is 5.75 Å². The van der Waals surface area contributed by atoms with Crippen molar-refractivity contribution in [2.75, 3.05) is 49.7 Å². The highest BCUT2D eigenvalue weighted by Gasteiger charge is 2.10. The van der Waals surface area contributed by atoms with Crippen molar-refractivity contribution >= 4 is 15.5 Å². The molecule has 1 aliphatic heterocycles. The van der Waals surface area contributed by atoms with E-state index in [0.717, 1.165) is 37.6 Å². The van der Waals surface area contributed by atoms with Gasteiger partial charge in [0.2, 0.25) is 0 Å². The molecular weight excluding hydrogens is 276 g/mol. The molecule has 0 atom stereocenters. The van der Waals surface area contributed by atoms with Gasteiger partial charge < -0.3 is 15.0 Å². The van der Waals surface area contributed by atoms with E-state index in [2.05, 4.69) is 16.3 Å². The summed E-state index contributed by atoms with van der Waals surface area (Å²) in [5.74, 6) is 0.972. The van der Waals surface area contributed by atoms with E-state index in [1.165, 1.54) is 6.26 Å². The maximum absolute atomic E-state index is 11.0. The molecule has 2 rings (SSSR count). The Labute approximate surface area is 120 Å². The number of sulfone groups is 1. The summed E-state index contributed by atoms with van der Waals surface area (Å²) in [6, 6.07) is 7.98. The van der Waals surface area contributed by atoms with Crippen molar-refractivity contribution in [3.8, 4) is 5.75 Å². The quantitative estimate of drug-likeness (QED) is 0.791. The summed E-state index contributed by atoms with van der Waals surface area (Å²) in [5.41, 5.74) is 1.16. The first-order valence-electron chi connectivity index (χ1n) is 6.91. The fraction of sp³-hybridized carbons (Fsp3) is 0.571. The van der Waals surface area contributed by atoms with Crippen LogP contribution in [0.25, 0.3) is 0 Å². The summed E-state index contributed by atoms with van der Waals surface area (Å²) in [6.07, 6.45) is 1.77. The standard InChI is InChI=1S/C14H22N2O3S/c1-20(17,18)11-3-10-19-14-5-2-4-13(12-14)16-8-6-15-7-9-16/h2,4-5,12,15H,3,6-11H2,1H3. The van der Waals surface area contributed by atoms with Crippen LogP contribution in [-0.2, 0) is 9.84 Å². The molecule has 5 nitrogen and oxygen atoms in total. The molecule has 112 valence electrons. The van der Waals surface area contributed by atoms with Gasteiger partial charge in [0.15, 0.2) is 0 Å². The van der Waals surface area contributed by atoms with Crippen LogP contribution in [0.5, 0.6) is 5.75 Å². The van der Waals surface area contributed by atoms with Crippen molar-refractivity contribution in [1.29, 1.82) is 0 Å². The largest absolute Gasteiger partial charge is 0.493 e. The molecule has 1 fully saturated rings. The number of benzene rings is 1. The van der Waals surface area contributed by atoms with E-state index in [1.54, 1.807) is 0 Å². The van der Waals surface area contributed by atoms with Gasteiger partial charge in [0.05, 0.1) is 12.4 Å². The molecule has 20 heavy (non-hydrogen) atoms. The molecule has 6 heteroatoms. The summed E-state index contributed by atoms with van der Waals surface area (Å²) in [4.78, 5) is 2.32. The zero-order valence-electron chi connectivity index (χ0n) is 11.8. The second-order valence-corrected chi connectivity index (χ2v) is 7.33. The molecule has 0 saturated carbocycles. The first-order valence-corrected chi connectivity index (χ1v) is 8.97. The van der Waals surface area contributed by atoms with Crippen molar-refractivity contribution in [3.05, 3.63) is 24.3 Å². The predicted octanol–water partition coefficient (Wildman–Crippen LogP) is 0.910. The lowest BCUT2D eigenvalue weighted by molar-refractivity contribution is 0.318. The van der Waals surface area contributed by atoms with Crippen LogP contribution in [0.1, 0.15) is 6.42 Å². The first-order chi connectivity index (χ1) is 9.54. The number of piperazine rings is 1. The Morgan fingerprint density at radius 1 is 1.30 bits per heavy atom. The van der Waals surface area contributed by atoms with Crippen LogP contribution in [0.15, 0.2) is 24.3 Å². The fourth-order valence-corrected chi connectivity index (χ4v) is 2.85. The Hall–Kier alpha value is -1.27. The Morgan fingerprint density at radius 3 is 2.75 bits per heavy atom. The van der Waals surface area contributed by atoms with Crippen molar-refractivity contribution in [2.45, 2.75) is 6.42 Å². The molecule has 0 bridgehead atoms. The summed E-state index contributed by atoms with van der Waals surface area (Å²) in [5, 5.41) is 3.33.